The van der Waals surface area contributed by atoms with Crippen molar-refractivity contribution in [2.24, 2.45) is 0 Å². The summed E-state index contributed by atoms with van der Waals surface area (Å²) >= 11 is 5.83. The standard InChI is InChI=1S/C14H20ClN3O2/c1-10(11-4-6-12(15)7-5-11)16-8-13(19)17-9-14(20)18(2)3/h4-7,10,16H,8-9H2,1-3H3,(H,17,19)/p+1/t10-/m1/s1. The van der Waals surface area contributed by atoms with E-state index in [1.807, 2.05) is 36.5 Å². The van der Waals surface area contributed by atoms with Gasteiger partial charge >= 0.3 is 0 Å². The Bertz CT molecular complexity index is 460. The van der Waals surface area contributed by atoms with Crippen molar-refractivity contribution >= 4 is 23.4 Å². The molecule has 1 atom stereocenters. The van der Waals surface area contributed by atoms with Crippen molar-refractivity contribution in [1.82, 2.24) is 10.2 Å². The molecule has 0 fully saturated rings. The first kappa shape index (κ1) is 16.5. The number of benzene rings is 1. The van der Waals surface area contributed by atoms with Crippen molar-refractivity contribution in [3.05, 3.63) is 34.9 Å². The number of nitrogens with one attached hydrogen (secondary N) is 1. The van der Waals surface area contributed by atoms with Crippen LogP contribution in [0.1, 0.15) is 18.5 Å². The van der Waals surface area contributed by atoms with Crippen LogP contribution in [0.15, 0.2) is 24.3 Å². The number of rotatable bonds is 6. The highest BCUT2D eigenvalue weighted by molar-refractivity contribution is 6.30. The third-order valence-corrected chi connectivity index (χ3v) is 3.24. The van der Waals surface area contributed by atoms with Crippen molar-refractivity contribution < 1.29 is 14.9 Å². The Labute approximate surface area is 124 Å². The summed E-state index contributed by atoms with van der Waals surface area (Å²) in [7, 11) is 3.31. The van der Waals surface area contributed by atoms with Gasteiger partial charge in [0.25, 0.3) is 5.91 Å². The Morgan fingerprint density at radius 2 is 1.90 bits per heavy atom. The molecule has 1 aromatic rings. The van der Waals surface area contributed by atoms with E-state index in [-0.39, 0.29) is 30.9 Å². The molecule has 0 saturated heterocycles. The lowest BCUT2D eigenvalue weighted by atomic mass is 10.1. The van der Waals surface area contributed by atoms with Crippen LogP contribution in [-0.4, -0.2) is 43.9 Å². The molecule has 0 radical (unpaired) electrons. The Hall–Kier alpha value is -1.59. The van der Waals surface area contributed by atoms with E-state index >= 15 is 0 Å². The highest BCUT2D eigenvalue weighted by Gasteiger charge is 2.12. The van der Waals surface area contributed by atoms with Gasteiger partial charge in [0.05, 0.1) is 6.54 Å². The molecule has 5 nitrogen and oxygen atoms in total. The Morgan fingerprint density at radius 3 is 2.45 bits per heavy atom. The van der Waals surface area contributed by atoms with Gasteiger partial charge < -0.3 is 15.5 Å². The van der Waals surface area contributed by atoms with Crippen molar-refractivity contribution in [2.45, 2.75) is 13.0 Å². The Morgan fingerprint density at radius 1 is 1.30 bits per heavy atom. The molecule has 1 rings (SSSR count). The molecule has 3 N–H and O–H groups in total. The molecule has 0 bridgehead atoms. The van der Waals surface area contributed by atoms with Gasteiger partial charge in [-0.2, -0.15) is 0 Å². The summed E-state index contributed by atoms with van der Waals surface area (Å²) in [6.45, 7) is 2.33. The number of carbonyl (C=O) groups excluding carboxylic acids is 2. The molecule has 0 heterocycles. The smallest absolute Gasteiger partial charge is 0.275 e. The van der Waals surface area contributed by atoms with E-state index < -0.39 is 0 Å². The predicted octanol–water partition coefficient (Wildman–Crippen LogP) is 0.169. The maximum atomic E-state index is 11.6. The van der Waals surface area contributed by atoms with Gasteiger partial charge in [-0.1, -0.05) is 23.7 Å². The number of carbonyl (C=O) groups is 2. The molecule has 110 valence electrons. The lowest BCUT2D eigenvalue weighted by Crippen LogP contribution is -2.87. The summed E-state index contributed by atoms with van der Waals surface area (Å²) in [5.74, 6) is -0.273. The van der Waals surface area contributed by atoms with Gasteiger partial charge in [-0.15, -0.1) is 0 Å². The zero-order valence-electron chi connectivity index (χ0n) is 12.0. The molecule has 0 spiro atoms. The highest BCUT2D eigenvalue weighted by Crippen LogP contribution is 2.13. The zero-order chi connectivity index (χ0) is 15.1. The number of nitrogens with two attached hydrogens (primary N) is 1. The lowest BCUT2D eigenvalue weighted by molar-refractivity contribution is -0.682. The number of nitrogens with zero attached hydrogens (tertiary/aromatic N) is 1. The third kappa shape index (κ3) is 5.59. The van der Waals surface area contributed by atoms with Gasteiger partial charge in [0.1, 0.15) is 6.04 Å². The fraction of sp³-hybridized carbons (Fsp3) is 0.429. The first-order valence-electron chi connectivity index (χ1n) is 6.45. The van der Waals surface area contributed by atoms with Crippen LogP contribution in [0.4, 0.5) is 0 Å². The van der Waals surface area contributed by atoms with Crippen LogP contribution in [0, 0.1) is 0 Å². The van der Waals surface area contributed by atoms with E-state index in [1.165, 1.54) is 4.90 Å². The van der Waals surface area contributed by atoms with Crippen molar-refractivity contribution in [3.63, 3.8) is 0 Å². The molecule has 0 saturated carbocycles. The third-order valence-electron chi connectivity index (χ3n) is 2.99. The van der Waals surface area contributed by atoms with Crippen molar-refractivity contribution in [1.29, 1.82) is 0 Å². The van der Waals surface area contributed by atoms with E-state index in [0.717, 1.165) is 5.56 Å². The van der Waals surface area contributed by atoms with Crippen LogP contribution in [-0.2, 0) is 9.59 Å². The van der Waals surface area contributed by atoms with Crippen molar-refractivity contribution in [3.8, 4) is 0 Å². The molecule has 2 amide bonds. The van der Waals surface area contributed by atoms with Gasteiger partial charge in [-0.25, -0.2) is 0 Å². The van der Waals surface area contributed by atoms with E-state index in [1.54, 1.807) is 14.1 Å². The average molecular weight is 299 g/mol. The number of quaternary nitrogens is 1. The topological polar surface area (TPSA) is 66.0 Å². The van der Waals surface area contributed by atoms with Crippen LogP contribution in [0.3, 0.4) is 0 Å². The summed E-state index contributed by atoms with van der Waals surface area (Å²) in [6.07, 6.45) is 0. The highest BCUT2D eigenvalue weighted by atomic mass is 35.5. The number of amides is 2. The maximum Gasteiger partial charge on any atom is 0.275 e. The molecular formula is C14H21ClN3O2+. The first-order chi connectivity index (χ1) is 9.40. The Kier molecular flexibility index (Phi) is 6.48. The van der Waals surface area contributed by atoms with Crippen LogP contribution in [0.25, 0.3) is 0 Å². The largest absolute Gasteiger partial charge is 0.347 e. The summed E-state index contributed by atoms with van der Waals surface area (Å²) in [4.78, 5) is 24.4. The second kappa shape index (κ2) is 7.87. The van der Waals surface area contributed by atoms with E-state index in [2.05, 4.69) is 5.32 Å². The monoisotopic (exact) mass is 298 g/mol. The molecule has 0 aliphatic carbocycles. The average Bonchev–Trinajstić information content (AvgIpc) is 2.42. The van der Waals surface area contributed by atoms with Gasteiger partial charge in [0.15, 0.2) is 6.54 Å². The summed E-state index contributed by atoms with van der Waals surface area (Å²) in [5.41, 5.74) is 1.10. The minimum Gasteiger partial charge on any atom is -0.347 e. The minimum atomic E-state index is -0.152. The van der Waals surface area contributed by atoms with E-state index in [4.69, 9.17) is 11.6 Å². The van der Waals surface area contributed by atoms with Crippen LogP contribution in [0.5, 0.6) is 0 Å². The minimum absolute atomic E-state index is 0.0367. The molecule has 0 unspecified atom stereocenters. The molecule has 6 heteroatoms. The molecule has 0 aromatic heterocycles. The van der Waals surface area contributed by atoms with Crippen LogP contribution >= 0.6 is 11.6 Å². The number of halogens is 1. The zero-order valence-corrected chi connectivity index (χ0v) is 12.8. The molecule has 20 heavy (non-hydrogen) atoms. The fourth-order valence-electron chi connectivity index (χ4n) is 1.59. The first-order valence-corrected chi connectivity index (χ1v) is 6.83. The lowest BCUT2D eigenvalue weighted by Gasteiger charge is -2.12. The van der Waals surface area contributed by atoms with Gasteiger partial charge in [0, 0.05) is 24.7 Å². The normalized spacial score (nSPS) is 11.8. The SMILES string of the molecule is C[C@@H]([NH2+]CC(=O)NCC(=O)N(C)C)c1ccc(Cl)cc1. The molecular weight excluding hydrogens is 278 g/mol. The molecule has 1 aromatic carbocycles. The second-order valence-corrected chi connectivity index (χ2v) is 5.28. The van der Waals surface area contributed by atoms with Gasteiger partial charge in [-0.05, 0) is 19.1 Å². The summed E-state index contributed by atoms with van der Waals surface area (Å²) < 4.78 is 0. The Balaban J connectivity index is 2.33. The molecule has 0 aliphatic rings. The summed E-state index contributed by atoms with van der Waals surface area (Å²) in [6, 6.07) is 7.70. The number of hydrogen-bond acceptors (Lipinski definition) is 2. The van der Waals surface area contributed by atoms with Crippen LogP contribution < -0.4 is 10.6 Å². The van der Waals surface area contributed by atoms with Crippen molar-refractivity contribution in [2.75, 3.05) is 27.2 Å². The summed E-state index contributed by atoms with van der Waals surface area (Å²) in [5, 5.41) is 5.21. The number of hydrogen-bond donors (Lipinski definition) is 2. The quantitative estimate of drug-likeness (QED) is 0.786. The van der Waals surface area contributed by atoms with E-state index in [9.17, 15) is 9.59 Å². The molecule has 0 aliphatic heterocycles. The van der Waals surface area contributed by atoms with Gasteiger partial charge in [-0.3, -0.25) is 9.59 Å². The maximum absolute atomic E-state index is 11.6. The van der Waals surface area contributed by atoms with Gasteiger partial charge in [0.2, 0.25) is 5.91 Å². The predicted molar refractivity (Wildman–Crippen MR) is 78.4 cm³/mol. The van der Waals surface area contributed by atoms with E-state index in [0.29, 0.717) is 5.02 Å². The number of likely N-dealkylation sites (N-methyl/N-ethyl adjacent to an activating group) is 1. The van der Waals surface area contributed by atoms with Crippen LogP contribution in [0.2, 0.25) is 5.02 Å². The fourth-order valence-corrected chi connectivity index (χ4v) is 1.72. The second-order valence-electron chi connectivity index (χ2n) is 4.84.